The van der Waals surface area contributed by atoms with Gasteiger partial charge in [0.25, 0.3) is 5.91 Å². The van der Waals surface area contributed by atoms with Crippen LogP contribution in [0.2, 0.25) is 5.02 Å². The van der Waals surface area contributed by atoms with Gasteiger partial charge in [0.05, 0.1) is 10.6 Å². The Morgan fingerprint density at radius 2 is 1.93 bits per heavy atom. The summed E-state index contributed by atoms with van der Waals surface area (Å²) in [6, 6.07) is 10.3. The minimum atomic E-state index is -4.65. The Morgan fingerprint density at radius 3 is 2.52 bits per heavy atom. The summed E-state index contributed by atoms with van der Waals surface area (Å²) in [6.45, 7) is 1.14. The molecule has 2 aromatic rings. The summed E-state index contributed by atoms with van der Waals surface area (Å²) in [7, 11) is 0. The molecule has 0 aliphatic carbocycles. The van der Waals surface area contributed by atoms with E-state index in [1.165, 1.54) is 17.0 Å². The number of hydrogen-bond acceptors (Lipinski definition) is 3. The molecule has 0 N–H and O–H groups in total. The van der Waals surface area contributed by atoms with E-state index in [9.17, 15) is 22.4 Å². The van der Waals surface area contributed by atoms with Crippen molar-refractivity contribution in [1.82, 2.24) is 4.90 Å². The number of halogens is 5. The van der Waals surface area contributed by atoms with Crippen molar-refractivity contribution in [3.05, 3.63) is 63.9 Å². The van der Waals surface area contributed by atoms with Crippen molar-refractivity contribution in [3.8, 4) is 11.8 Å². The fourth-order valence-corrected chi connectivity index (χ4v) is 3.28. The van der Waals surface area contributed by atoms with Crippen molar-refractivity contribution in [1.29, 1.82) is 5.26 Å². The Hall–Kier alpha value is -2.79. The number of amides is 1. The number of benzene rings is 2. The van der Waals surface area contributed by atoms with Crippen LogP contribution < -0.4 is 4.74 Å². The van der Waals surface area contributed by atoms with Crippen molar-refractivity contribution in [2.45, 2.75) is 25.1 Å². The number of ether oxygens (including phenoxy) is 1. The third-order valence-corrected chi connectivity index (χ3v) is 5.11. The van der Waals surface area contributed by atoms with Gasteiger partial charge < -0.3 is 9.64 Å². The number of nitriles is 1. The number of nitrogens with zero attached hydrogens (tertiary/aromatic N) is 2. The van der Waals surface area contributed by atoms with Gasteiger partial charge in [-0.2, -0.15) is 18.4 Å². The van der Waals surface area contributed by atoms with Crippen molar-refractivity contribution >= 4 is 17.5 Å². The van der Waals surface area contributed by atoms with Crippen LogP contribution in [0, 0.1) is 17.1 Å². The highest BCUT2D eigenvalue weighted by Gasteiger charge is 2.40. The molecule has 152 valence electrons. The molecular weight excluding hydrogens is 412 g/mol. The largest absolute Gasteiger partial charge is 0.480 e. The predicted octanol–water partition coefficient (Wildman–Crippen LogP) is 4.92. The molecule has 1 heterocycles. The van der Waals surface area contributed by atoms with Crippen molar-refractivity contribution in [2.24, 2.45) is 0 Å². The van der Waals surface area contributed by atoms with Gasteiger partial charge in [-0.3, -0.25) is 4.79 Å². The van der Waals surface area contributed by atoms with Gasteiger partial charge in [-0.15, -0.1) is 0 Å². The van der Waals surface area contributed by atoms with Gasteiger partial charge in [0, 0.05) is 19.0 Å². The third kappa shape index (κ3) is 4.15. The Balaban J connectivity index is 1.86. The minimum Gasteiger partial charge on any atom is -0.480 e. The maximum Gasteiger partial charge on any atom is 0.425 e. The second-order valence-electron chi connectivity index (χ2n) is 6.64. The Morgan fingerprint density at radius 1 is 1.28 bits per heavy atom. The molecule has 0 radical (unpaired) electrons. The number of likely N-dealkylation sites (tertiary alicyclic amines) is 1. The lowest BCUT2D eigenvalue weighted by Crippen LogP contribution is -2.49. The molecule has 1 atom stereocenters. The maximum atomic E-state index is 13.9. The van der Waals surface area contributed by atoms with Gasteiger partial charge in [-0.25, -0.2) is 4.39 Å². The molecule has 29 heavy (non-hydrogen) atoms. The fourth-order valence-electron chi connectivity index (χ4n) is 3.00. The molecule has 0 aromatic heterocycles. The summed E-state index contributed by atoms with van der Waals surface area (Å²) in [5.74, 6) is -1.67. The lowest BCUT2D eigenvalue weighted by molar-refractivity contribution is -0.189. The number of hydrogen-bond donors (Lipinski definition) is 0. The van der Waals surface area contributed by atoms with Gasteiger partial charge in [-0.1, -0.05) is 29.8 Å². The van der Waals surface area contributed by atoms with Crippen LogP contribution in [0.3, 0.4) is 0 Å². The van der Waals surface area contributed by atoms with Gasteiger partial charge in [0.1, 0.15) is 23.2 Å². The summed E-state index contributed by atoms with van der Waals surface area (Å²) >= 11 is 6.12. The average molecular weight is 427 g/mol. The van der Waals surface area contributed by atoms with E-state index in [4.69, 9.17) is 21.6 Å². The lowest BCUT2D eigenvalue weighted by Gasteiger charge is -2.40. The molecule has 0 bridgehead atoms. The molecule has 1 aliphatic rings. The van der Waals surface area contributed by atoms with E-state index in [2.05, 4.69) is 0 Å². The molecule has 4 nitrogen and oxygen atoms in total. The van der Waals surface area contributed by atoms with Crippen LogP contribution in [0.15, 0.2) is 36.4 Å². The van der Waals surface area contributed by atoms with E-state index >= 15 is 0 Å². The normalized spacial score (nSPS) is 15.4. The van der Waals surface area contributed by atoms with Crippen LogP contribution in [-0.4, -0.2) is 36.2 Å². The highest BCUT2D eigenvalue weighted by Crippen LogP contribution is 2.37. The van der Waals surface area contributed by atoms with Crippen LogP contribution in [0.1, 0.15) is 34.3 Å². The van der Waals surface area contributed by atoms with Crippen LogP contribution in [0.4, 0.5) is 17.6 Å². The summed E-state index contributed by atoms with van der Waals surface area (Å²) < 4.78 is 57.5. The number of rotatable bonds is 4. The predicted molar refractivity (Wildman–Crippen MR) is 97.4 cm³/mol. The molecule has 0 spiro atoms. The van der Waals surface area contributed by atoms with Crippen LogP contribution in [0.5, 0.6) is 5.75 Å². The highest BCUT2D eigenvalue weighted by atomic mass is 35.5. The van der Waals surface area contributed by atoms with E-state index < -0.39 is 24.0 Å². The molecule has 1 saturated heterocycles. The van der Waals surface area contributed by atoms with Crippen molar-refractivity contribution in [3.63, 3.8) is 0 Å². The summed E-state index contributed by atoms with van der Waals surface area (Å²) in [6.07, 6.45) is -6.83. The molecule has 1 amide bonds. The van der Waals surface area contributed by atoms with Gasteiger partial charge >= 0.3 is 6.18 Å². The molecule has 1 fully saturated rings. The topological polar surface area (TPSA) is 53.3 Å². The number of alkyl halides is 3. The number of carbonyl (C=O) groups is 1. The van der Waals surface area contributed by atoms with E-state index in [-0.39, 0.29) is 40.9 Å². The number of carbonyl (C=O) groups excluding carboxylic acids is 1. The van der Waals surface area contributed by atoms with Gasteiger partial charge in [0.15, 0.2) is 6.10 Å². The van der Waals surface area contributed by atoms with Crippen molar-refractivity contribution < 1.29 is 27.1 Å². The molecule has 9 heteroatoms. The molecular formula is C20H15ClF4N2O2. The quantitative estimate of drug-likeness (QED) is 0.652. The molecule has 0 saturated carbocycles. The summed E-state index contributed by atoms with van der Waals surface area (Å²) in [5.41, 5.74) is 0.0811. The zero-order chi connectivity index (χ0) is 21.3. The Labute approximate surface area is 169 Å². The molecule has 1 unspecified atom stereocenters. The summed E-state index contributed by atoms with van der Waals surface area (Å²) in [4.78, 5) is 14.2. The molecule has 1 aliphatic heterocycles. The van der Waals surface area contributed by atoms with E-state index in [0.29, 0.717) is 5.56 Å². The monoisotopic (exact) mass is 426 g/mol. The standard InChI is InChI=1S/C20H15ClF4N2O2/c1-11(20(23,24)25)29-16-7-6-12(8-26)18(21)17(16)19(28)27-9-13(10-27)14-4-2-3-5-15(14)22/h2-7,11,13H,9-10H2,1H3. The molecule has 2 aromatic carbocycles. The maximum absolute atomic E-state index is 13.9. The first-order valence-electron chi connectivity index (χ1n) is 8.63. The zero-order valence-corrected chi connectivity index (χ0v) is 15.9. The van der Waals surface area contributed by atoms with Crippen molar-refractivity contribution in [2.75, 3.05) is 13.1 Å². The first-order chi connectivity index (χ1) is 13.6. The lowest BCUT2D eigenvalue weighted by atomic mass is 9.90. The fraction of sp³-hybridized carbons (Fsp3) is 0.300. The first kappa shape index (κ1) is 20.9. The third-order valence-electron chi connectivity index (χ3n) is 4.72. The zero-order valence-electron chi connectivity index (χ0n) is 15.1. The Kier molecular flexibility index (Phi) is 5.71. The van der Waals surface area contributed by atoms with Gasteiger partial charge in [-0.05, 0) is 30.7 Å². The van der Waals surface area contributed by atoms with Gasteiger partial charge in [0.2, 0.25) is 0 Å². The van der Waals surface area contributed by atoms with Crippen LogP contribution >= 0.6 is 11.6 Å². The van der Waals surface area contributed by atoms with E-state index in [1.807, 2.05) is 0 Å². The van der Waals surface area contributed by atoms with E-state index in [0.717, 1.165) is 13.0 Å². The second kappa shape index (κ2) is 7.91. The average Bonchev–Trinajstić information content (AvgIpc) is 2.61. The van der Waals surface area contributed by atoms with E-state index in [1.54, 1.807) is 24.3 Å². The highest BCUT2D eigenvalue weighted by molar-refractivity contribution is 6.35. The summed E-state index contributed by atoms with van der Waals surface area (Å²) in [5, 5.41) is 8.86. The van der Waals surface area contributed by atoms with Crippen LogP contribution in [-0.2, 0) is 0 Å². The molecule has 3 rings (SSSR count). The smallest absolute Gasteiger partial charge is 0.425 e. The Bertz CT molecular complexity index is 981. The SMILES string of the molecule is CC(Oc1ccc(C#N)c(Cl)c1C(=O)N1CC(c2ccccc2F)C1)C(F)(F)F. The second-order valence-corrected chi connectivity index (χ2v) is 7.02. The van der Waals surface area contributed by atoms with Crippen LogP contribution in [0.25, 0.3) is 0 Å². The first-order valence-corrected chi connectivity index (χ1v) is 9.01. The minimum absolute atomic E-state index is 0.0618.